The summed E-state index contributed by atoms with van der Waals surface area (Å²) in [4.78, 5) is 32.1. The fourth-order valence-corrected chi connectivity index (χ4v) is 4.82. The first-order chi connectivity index (χ1) is 18.4. The van der Waals surface area contributed by atoms with E-state index in [1.54, 1.807) is 6.20 Å². The van der Waals surface area contributed by atoms with E-state index >= 15 is 0 Å². The van der Waals surface area contributed by atoms with Gasteiger partial charge in [-0.05, 0) is 78.4 Å². The maximum atomic E-state index is 12.9. The lowest BCUT2D eigenvalue weighted by molar-refractivity contribution is 0.0984. The largest absolute Gasteiger partial charge is 0.372 e. The van der Waals surface area contributed by atoms with E-state index in [4.69, 9.17) is 0 Å². The highest BCUT2D eigenvalue weighted by Crippen LogP contribution is 2.24. The summed E-state index contributed by atoms with van der Waals surface area (Å²) < 4.78 is 1.87. The number of Topliss-reactive ketones (excluding diaryl/α,β-unsaturated/α-hetero) is 2. The number of aryl methyl sites for hydroxylation is 1. The lowest BCUT2D eigenvalue weighted by atomic mass is 9.98. The van der Waals surface area contributed by atoms with Crippen LogP contribution in [0.3, 0.4) is 0 Å². The molecule has 1 aliphatic rings. The van der Waals surface area contributed by atoms with Gasteiger partial charge in [-0.15, -0.1) is 0 Å². The van der Waals surface area contributed by atoms with Crippen molar-refractivity contribution in [3.05, 3.63) is 108 Å². The third-order valence-corrected chi connectivity index (χ3v) is 7.27. The summed E-state index contributed by atoms with van der Waals surface area (Å²) in [6.45, 7) is 4.49. The Morgan fingerprint density at radius 2 is 1.50 bits per heavy atom. The van der Waals surface area contributed by atoms with Crippen LogP contribution in [0.15, 0.2) is 85.3 Å². The third kappa shape index (κ3) is 6.38. The summed E-state index contributed by atoms with van der Waals surface area (Å²) in [6, 6.07) is 21.5. The number of nitrogens with zero attached hydrogens (tertiary/aromatic N) is 3. The molecule has 6 heteroatoms. The van der Waals surface area contributed by atoms with Crippen LogP contribution >= 0.6 is 0 Å². The molecule has 0 spiro atoms. The van der Waals surface area contributed by atoms with E-state index in [0.717, 1.165) is 41.4 Å². The number of ketones is 2. The number of piperidine rings is 1. The molecule has 1 aliphatic heterocycles. The Morgan fingerprint density at radius 3 is 2.13 bits per heavy atom. The van der Waals surface area contributed by atoms with Gasteiger partial charge < -0.3 is 14.8 Å². The average molecular weight is 507 g/mol. The number of anilines is 3. The number of carbonyl (C=O) groups excluding carboxylic acids is 2. The molecule has 0 saturated carbocycles. The van der Waals surface area contributed by atoms with E-state index in [-0.39, 0.29) is 11.6 Å². The second kappa shape index (κ2) is 11.5. The number of carbonyl (C=O) groups is 2. The molecule has 3 heterocycles. The molecule has 0 aliphatic carbocycles. The minimum atomic E-state index is 0.0749. The second-order valence-electron chi connectivity index (χ2n) is 10.4. The molecule has 0 unspecified atom stereocenters. The van der Waals surface area contributed by atoms with E-state index in [1.165, 1.54) is 18.5 Å². The van der Waals surface area contributed by atoms with Crippen molar-refractivity contribution in [1.29, 1.82) is 0 Å². The smallest absolute Gasteiger partial charge is 0.168 e. The van der Waals surface area contributed by atoms with E-state index < -0.39 is 0 Å². The maximum Gasteiger partial charge on any atom is 0.168 e. The Morgan fingerprint density at radius 1 is 0.842 bits per heavy atom. The summed E-state index contributed by atoms with van der Waals surface area (Å²) in [6.07, 6.45) is 8.56. The minimum Gasteiger partial charge on any atom is -0.372 e. The Hall–Kier alpha value is -4.19. The van der Waals surface area contributed by atoms with Gasteiger partial charge in [0.25, 0.3) is 0 Å². The summed E-state index contributed by atoms with van der Waals surface area (Å²) in [5.41, 5.74) is 5.39. The Labute approximate surface area is 224 Å². The predicted molar refractivity (Wildman–Crippen MR) is 152 cm³/mol. The molecule has 1 fully saturated rings. The molecule has 0 radical (unpaired) electrons. The zero-order chi connectivity index (χ0) is 26.5. The quantitative estimate of drug-likeness (QED) is 0.272. The van der Waals surface area contributed by atoms with Gasteiger partial charge in [-0.1, -0.05) is 25.1 Å². The lowest BCUT2D eigenvalue weighted by Crippen LogP contribution is -2.32. The zero-order valence-electron chi connectivity index (χ0n) is 22.1. The Bertz CT molecular complexity index is 1380. The van der Waals surface area contributed by atoms with Crippen LogP contribution in [0, 0.1) is 5.92 Å². The number of hydrogen-bond donors (Lipinski definition) is 1. The zero-order valence-corrected chi connectivity index (χ0v) is 22.1. The van der Waals surface area contributed by atoms with Gasteiger partial charge >= 0.3 is 0 Å². The fraction of sp³-hybridized carbons (Fsp3) is 0.281. The summed E-state index contributed by atoms with van der Waals surface area (Å²) >= 11 is 0. The number of rotatable bonds is 9. The van der Waals surface area contributed by atoms with Crippen molar-refractivity contribution in [2.75, 3.05) is 23.3 Å². The topological polar surface area (TPSA) is 67.2 Å². The predicted octanol–water partition coefficient (Wildman–Crippen LogP) is 6.25. The monoisotopic (exact) mass is 506 g/mol. The van der Waals surface area contributed by atoms with Gasteiger partial charge in [0.1, 0.15) is 5.82 Å². The summed E-state index contributed by atoms with van der Waals surface area (Å²) in [7, 11) is 1.90. The van der Waals surface area contributed by atoms with Gasteiger partial charge in [0, 0.05) is 74.1 Å². The number of hydrogen-bond acceptors (Lipinski definition) is 5. The van der Waals surface area contributed by atoms with Gasteiger partial charge in [0.05, 0.1) is 0 Å². The van der Waals surface area contributed by atoms with Gasteiger partial charge in [-0.25, -0.2) is 4.98 Å². The molecule has 6 nitrogen and oxygen atoms in total. The number of nitrogens with one attached hydrogen (secondary N) is 1. The minimum absolute atomic E-state index is 0.0749. The van der Waals surface area contributed by atoms with E-state index in [1.807, 2.05) is 78.6 Å². The first kappa shape index (κ1) is 25.5. The van der Waals surface area contributed by atoms with Crippen molar-refractivity contribution in [2.45, 2.75) is 32.6 Å². The van der Waals surface area contributed by atoms with E-state index in [0.29, 0.717) is 24.2 Å². The lowest BCUT2D eigenvalue weighted by Gasteiger charge is -2.32. The molecule has 194 valence electrons. The summed E-state index contributed by atoms with van der Waals surface area (Å²) in [5.74, 6) is 1.69. The molecule has 38 heavy (non-hydrogen) atoms. The molecule has 2 aromatic carbocycles. The number of aromatic nitrogens is 2. The molecule has 1 saturated heterocycles. The van der Waals surface area contributed by atoms with Crippen LogP contribution in [0.2, 0.25) is 0 Å². The molecule has 0 atom stereocenters. The van der Waals surface area contributed by atoms with Crippen molar-refractivity contribution < 1.29 is 9.59 Å². The average Bonchev–Trinajstić information content (AvgIpc) is 3.38. The van der Waals surface area contributed by atoms with Crippen LogP contribution in [-0.2, 0) is 19.9 Å². The van der Waals surface area contributed by atoms with Crippen LogP contribution in [-0.4, -0.2) is 34.2 Å². The highest BCUT2D eigenvalue weighted by atomic mass is 16.1. The van der Waals surface area contributed by atoms with Crippen LogP contribution < -0.4 is 10.2 Å². The summed E-state index contributed by atoms with van der Waals surface area (Å²) in [5, 5.41) is 3.28. The van der Waals surface area contributed by atoms with Crippen LogP contribution in [0.1, 0.15) is 51.6 Å². The van der Waals surface area contributed by atoms with Gasteiger partial charge in [-0.2, -0.15) is 0 Å². The number of benzene rings is 2. The normalized spacial score (nSPS) is 13.9. The molecule has 2 aromatic heterocycles. The molecule has 1 N–H and O–H groups in total. The Kier molecular flexibility index (Phi) is 7.68. The van der Waals surface area contributed by atoms with Crippen molar-refractivity contribution in [2.24, 2.45) is 13.0 Å². The van der Waals surface area contributed by atoms with Crippen molar-refractivity contribution in [3.63, 3.8) is 0 Å². The number of pyridine rings is 1. The first-order valence-electron chi connectivity index (χ1n) is 13.3. The van der Waals surface area contributed by atoms with Crippen LogP contribution in [0.5, 0.6) is 0 Å². The maximum absolute atomic E-state index is 12.9. The van der Waals surface area contributed by atoms with E-state index in [2.05, 4.69) is 34.3 Å². The third-order valence-electron chi connectivity index (χ3n) is 7.27. The first-order valence-corrected chi connectivity index (χ1v) is 13.3. The van der Waals surface area contributed by atoms with Gasteiger partial charge in [-0.3, -0.25) is 9.59 Å². The molecule has 4 aromatic rings. The Balaban J connectivity index is 1.13. The SMILES string of the molecule is CC1CCN(c2ccc(C(=O)Cc3ccc(Nc4ccc(CC(=O)c5ccn(C)c5)cn4)cc3)cc2)CC1. The molecular formula is C32H34N4O2. The highest BCUT2D eigenvalue weighted by molar-refractivity contribution is 5.98. The van der Waals surface area contributed by atoms with Crippen molar-refractivity contribution in [3.8, 4) is 0 Å². The highest BCUT2D eigenvalue weighted by Gasteiger charge is 2.16. The van der Waals surface area contributed by atoms with Crippen LogP contribution in [0.25, 0.3) is 0 Å². The molecule has 0 bridgehead atoms. The van der Waals surface area contributed by atoms with E-state index in [9.17, 15) is 9.59 Å². The van der Waals surface area contributed by atoms with Crippen molar-refractivity contribution in [1.82, 2.24) is 9.55 Å². The fourth-order valence-electron chi connectivity index (χ4n) is 4.82. The second-order valence-corrected chi connectivity index (χ2v) is 10.4. The molecule has 5 rings (SSSR count). The van der Waals surface area contributed by atoms with Gasteiger partial charge in [0.2, 0.25) is 0 Å². The van der Waals surface area contributed by atoms with Gasteiger partial charge in [0.15, 0.2) is 11.6 Å². The molecule has 0 amide bonds. The molecular weight excluding hydrogens is 472 g/mol. The standard InChI is InChI=1S/C32H34N4O2/c1-23-13-17-36(18-14-23)29-10-6-26(7-11-29)30(37)19-24-3-8-28(9-4-24)34-32-12-5-25(21-33-32)20-31(38)27-15-16-35(2)22-27/h3-12,15-16,21-23H,13-14,17-20H2,1-2H3,(H,33,34). The van der Waals surface area contributed by atoms with Crippen LogP contribution in [0.4, 0.5) is 17.2 Å². The van der Waals surface area contributed by atoms with Crippen molar-refractivity contribution >= 4 is 28.8 Å².